The molecule has 2 aromatic rings. The van der Waals surface area contributed by atoms with Crippen molar-refractivity contribution in [2.75, 3.05) is 27.0 Å². The van der Waals surface area contributed by atoms with Gasteiger partial charge in [0.2, 0.25) is 15.9 Å². The highest BCUT2D eigenvalue weighted by Gasteiger charge is 2.35. The molecule has 1 aliphatic heterocycles. The summed E-state index contributed by atoms with van der Waals surface area (Å²) < 4.78 is 38.1. The molecular formula is C22H28N2O5S2. The van der Waals surface area contributed by atoms with E-state index >= 15 is 0 Å². The fourth-order valence-corrected chi connectivity index (χ4v) is 5.08. The molecule has 7 nitrogen and oxygen atoms in total. The summed E-state index contributed by atoms with van der Waals surface area (Å²) in [4.78, 5) is 13.9. The van der Waals surface area contributed by atoms with Crippen molar-refractivity contribution in [3.8, 4) is 11.5 Å². The molecule has 31 heavy (non-hydrogen) atoms. The van der Waals surface area contributed by atoms with Crippen LogP contribution in [0.1, 0.15) is 31.9 Å². The Kier molecular flexibility index (Phi) is 6.88. The van der Waals surface area contributed by atoms with E-state index in [-0.39, 0.29) is 23.4 Å². The fourth-order valence-electron chi connectivity index (χ4n) is 3.54. The fraction of sp³-hybridized carbons (Fsp3) is 0.409. The topological polar surface area (TPSA) is 84.9 Å². The number of hydrogen-bond donors (Lipinski definition) is 1. The second kappa shape index (κ2) is 9.10. The Balaban J connectivity index is 1.75. The number of likely N-dealkylation sites (N-methyl/N-ethyl adjacent to an activating group) is 1. The minimum Gasteiger partial charge on any atom is -0.497 e. The quantitative estimate of drug-likeness (QED) is 0.632. The van der Waals surface area contributed by atoms with Crippen LogP contribution in [-0.4, -0.2) is 51.2 Å². The van der Waals surface area contributed by atoms with Crippen molar-refractivity contribution >= 4 is 27.7 Å². The number of sulfonamides is 1. The number of rotatable bonds is 7. The Bertz CT molecular complexity index is 1050. The van der Waals surface area contributed by atoms with Gasteiger partial charge in [-0.15, -0.1) is 11.8 Å². The molecule has 1 atom stereocenters. The molecule has 0 aliphatic carbocycles. The predicted molar refractivity (Wildman–Crippen MR) is 121 cm³/mol. The first-order valence-corrected chi connectivity index (χ1v) is 12.5. The maximum Gasteiger partial charge on any atom is 0.243 e. The highest BCUT2D eigenvalue weighted by Crippen LogP contribution is 2.41. The van der Waals surface area contributed by atoms with E-state index in [9.17, 15) is 13.2 Å². The van der Waals surface area contributed by atoms with Crippen molar-refractivity contribution < 1.29 is 22.7 Å². The molecule has 0 saturated heterocycles. The van der Waals surface area contributed by atoms with Gasteiger partial charge in [-0.3, -0.25) is 4.79 Å². The molecule has 1 N–H and O–H groups in total. The lowest BCUT2D eigenvalue weighted by atomic mass is 9.89. The van der Waals surface area contributed by atoms with Crippen LogP contribution in [0.25, 0.3) is 0 Å². The molecular weight excluding hydrogens is 436 g/mol. The maximum absolute atomic E-state index is 12.8. The number of methoxy groups -OCH3 is 1. The third kappa shape index (κ3) is 5.34. The number of ether oxygens (including phenoxy) is 2. The molecule has 0 bridgehead atoms. The number of carbonyl (C=O) groups is 1. The molecule has 1 amide bonds. The van der Waals surface area contributed by atoms with Gasteiger partial charge >= 0.3 is 0 Å². The van der Waals surface area contributed by atoms with Gasteiger partial charge in [0, 0.05) is 23.9 Å². The van der Waals surface area contributed by atoms with Crippen LogP contribution < -0.4 is 14.8 Å². The lowest BCUT2D eigenvalue weighted by Crippen LogP contribution is -2.44. The lowest BCUT2D eigenvalue weighted by Gasteiger charge is -2.38. The van der Waals surface area contributed by atoms with Crippen molar-refractivity contribution in [1.82, 2.24) is 9.62 Å². The first-order chi connectivity index (χ1) is 14.6. The molecule has 0 unspecified atom stereocenters. The standard InChI is InChI=1S/C22H28N2O5S2/c1-22(2)13-19(18-12-15(28-4)6-11-20(18)29-22)23-21(25)14-24(3)31(26,27)17-9-7-16(30-5)8-10-17/h6-12,19H,13-14H2,1-5H3,(H,23,25)/t19-/m1/s1. The van der Waals surface area contributed by atoms with E-state index < -0.39 is 15.6 Å². The van der Waals surface area contributed by atoms with Crippen LogP contribution in [0.4, 0.5) is 0 Å². The van der Waals surface area contributed by atoms with Crippen molar-refractivity contribution in [1.29, 1.82) is 0 Å². The summed E-state index contributed by atoms with van der Waals surface area (Å²) in [5.74, 6) is 0.954. The van der Waals surface area contributed by atoms with E-state index in [0.29, 0.717) is 17.9 Å². The van der Waals surface area contributed by atoms with E-state index in [0.717, 1.165) is 14.8 Å². The molecule has 9 heteroatoms. The summed E-state index contributed by atoms with van der Waals surface area (Å²) >= 11 is 1.53. The maximum atomic E-state index is 12.8. The monoisotopic (exact) mass is 464 g/mol. The summed E-state index contributed by atoms with van der Waals surface area (Å²) in [5.41, 5.74) is 0.335. The Hall–Kier alpha value is -2.23. The van der Waals surface area contributed by atoms with E-state index in [1.807, 2.05) is 38.3 Å². The predicted octanol–water partition coefficient (Wildman–Crippen LogP) is 3.46. The van der Waals surface area contributed by atoms with Crippen molar-refractivity contribution in [2.45, 2.75) is 41.7 Å². The van der Waals surface area contributed by atoms with E-state index in [1.165, 1.54) is 18.8 Å². The summed E-state index contributed by atoms with van der Waals surface area (Å²) in [6.07, 6.45) is 2.47. The van der Waals surface area contributed by atoms with E-state index in [1.54, 1.807) is 31.4 Å². The van der Waals surface area contributed by atoms with Crippen LogP contribution in [0.15, 0.2) is 52.3 Å². The van der Waals surface area contributed by atoms with Gasteiger partial charge in [-0.2, -0.15) is 4.31 Å². The van der Waals surface area contributed by atoms with Crippen molar-refractivity contribution in [2.24, 2.45) is 0 Å². The number of amides is 1. The van der Waals surface area contributed by atoms with Gasteiger partial charge in [-0.25, -0.2) is 8.42 Å². The molecule has 1 aliphatic rings. The Morgan fingerprint density at radius 3 is 2.55 bits per heavy atom. The second-order valence-electron chi connectivity index (χ2n) is 8.03. The van der Waals surface area contributed by atoms with Gasteiger partial charge in [0.1, 0.15) is 17.1 Å². The highest BCUT2D eigenvalue weighted by atomic mass is 32.2. The normalized spacial score (nSPS) is 17.5. The number of fused-ring (bicyclic) bond motifs is 1. The second-order valence-corrected chi connectivity index (χ2v) is 11.0. The van der Waals surface area contributed by atoms with Crippen LogP contribution in [0.3, 0.4) is 0 Å². The largest absolute Gasteiger partial charge is 0.497 e. The number of thioether (sulfide) groups is 1. The van der Waals surface area contributed by atoms with Crippen LogP contribution in [0.2, 0.25) is 0 Å². The summed E-state index contributed by atoms with van der Waals surface area (Å²) in [7, 11) is -0.792. The Labute approximate surface area is 188 Å². The molecule has 2 aromatic carbocycles. The number of nitrogens with zero attached hydrogens (tertiary/aromatic N) is 1. The van der Waals surface area contributed by atoms with Crippen molar-refractivity contribution in [3.63, 3.8) is 0 Å². The SMILES string of the molecule is COc1ccc2c(c1)[C@H](NC(=O)CN(C)S(=O)(=O)c1ccc(SC)cc1)CC(C)(C)O2. The lowest BCUT2D eigenvalue weighted by molar-refractivity contribution is -0.122. The van der Waals surface area contributed by atoms with Gasteiger partial charge in [-0.1, -0.05) is 0 Å². The van der Waals surface area contributed by atoms with Crippen LogP contribution in [0.5, 0.6) is 11.5 Å². The molecule has 0 radical (unpaired) electrons. The first kappa shape index (κ1) is 23.4. The van der Waals surface area contributed by atoms with Crippen LogP contribution in [0, 0.1) is 0 Å². The van der Waals surface area contributed by atoms with Gasteiger partial charge < -0.3 is 14.8 Å². The van der Waals surface area contributed by atoms with Gasteiger partial charge in [0.25, 0.3) is 0 Å². The molecule has 3 rings (SSSR count). The van der Waals surface area contributed by atoms with E-state index in [2.05, 4.69) is 5.32 Å². The van der Waals surface area contributed by atoms with Gasteiger partial charge in [0.15, 0.2) is 0 Å². The average Bonchev–Trinajstić information content (AvgIpc) is 2.72. The zero-order chi connectivity index (χ0) is 22.8. The molecule has 0 fully saturated rings. The van der Waals surface area contributed by atoms with E-state index in [4.69, 9.17) is 9.47 Å². The summed E-state index contributed by atoms with van der Waals surface area (Å²) in [6.45, 7) is 3.62. The first-order valence-electron chi connectivity index (χ1n) is 9.82. The zero-order valence-corrected chi connectivity index (χ0v) is 20.0. The summed E-state index contributed by atoms with van der Waals surface area (Å²) in [6, 6.07) is 11.8. The molecule has 0 spiro atoms. The Morgan fingerprint density at radius 2 is 1.94 bits per heavy atom. The number of benzene rings is 2. The van der Waals surface area contributed by atoms with Gasteiger partial charge in [0.05, 0.1) is 24.6 Å². The van der Waals surface area contributed by atoms with Crippen LogP contribution in [-0.2, 0) is 14.8 Å². The third-order valence-electron chi connectivity index (χ3n) is 5.14. The molecule has 0 saturated carbocycles. The summed E-state index contributed by atoms with van der Waals surface area (Å²) in [5, 5.41) is 2.97. The highest BCUT2D eigenvalue weighted by molar-refractivity contribution is 7.98. The number of nitrogens with one attached hydrogen (secondary N) is 1. The number of carbonyl (C=O) groups excluding carboxylic acids is 1. The van der Waals surface area contributed by atoms with Gasteiger partial charge in [-0.05, 0) is 62.6 Å². The number of hydrogen-bond acceptors (Lipinski definition) is 6. The molecule has 1 heterocycles. The van der Waals surface area contributed by atoms with Crippen molar-refractivity contribution in [3.05, 3.63) is 48.0 Å². The molecule has 168 valence electrons. The minimum absolute atomic E-state index is 0.155. The average molecular weight is 465 g/mol. The zero-order valence-electron chi connectivity index (χ0n) is 18.3. The van der Waals surface area contributed by atoms with Crippen LogP contribution >= 0.6 is 11.8 Å². The Morgan fingerprint density at radius 1 is 1.26 bits per heavy atom. The smallest absolute Gasteiger partial charge is 0.243 e. The third-order valence-corrected chi connectivity index (χ3v) is 7.70. The minimum atomic E-state index is -3.78. The molecule has 0 aromatic heterocycles.